The van der Waals surface area contributed by atoms with Crippen molar-refractivity contribution >= 4 is 39.2 Å². The van der Waals surface area contributed by atoms with Crippen LogP contribution in [0.4, 0.5) is 11.4 Å². The van der Waals surface area contributed by atoms with E-state index in [-0.39, 0.29) is 18.1 Å². The van der Waals surface area contributed by atoms with Crippen LogP contribution in [-0.2, 0) is 11.3 Å². The van der Waals surface area contributed by atoms with Crippen molar-refractivity contribution in [2.75, 3.05) is 23.8 Å². The van der Waals surface area contributed by atoms with Gasteiger partial charge in [-0.05, 0) is 84.2 Å². The van der Waals surface area contributed by atoms with Gasteiger partial charge in [-0.3, -0.25) is 4.79 Å². The third kappa shape index (κ3) is 6.51. The van der Waals surface area contributed by atoms with Crippen molar-refractivity contribution in [3.8, 4) is 11.5 Å². The highest BCUT2D eigenvalue weighted by Crippen LogP contribution is 2.37. The van der Waals surface area contributed by atoms with Crippen LogP contribution in [0.3, 0.4) is 0 Å². The van der Waals surface area contributed by atoms with E-state index in [4.69, 9.17) is 9.47 Å². The van der Waals surface area contributed by atoms with Gasteiger partial charge in [-0.25, -0.2) is 4.79 Å². The summed E-state index contributed by atoms with van der Waals surface area (Å²) in [5.41, 5.74) is 4.37. The molecule has 34 heavy (non-hydrogen) atoms. The number of carboxylic acid groups (broad SMARTS) is 1. The summed E-state index contributed by atoms with van der Waals surface area (Å²) in [6.07, 6.45) is 0. The molecule has 0 bridgehead atoms. The molecule has 0 saturated heterocycles. The zero-order chi connectivity index (χ0) is 24.7. The third-order valence-electron chi connectivity index (χ3n) is 5.10. The number of carbonyl (C=O) groups excluding carboxylic acids is 1. The number of carboxylic acids is 1. The first-order valence-electron chi connectivity index (χ1n) is 10.8. The molecule has 3 N–H and O–H groups in total. The highest BCUT2D eigenvalue weighted by atomic mass is 79.9. The van der Waals surface area contributed by atoms with Crippen LogP contribution >= 0.6 is 15.9 Å². The van der Waals surface area contributed by atoms with Crippen LogP contribution in [0.15, 0.2) is 59.1 Å². The van der Waals surface area contributed by atoms with E-state index in [1.165, 1.54) is 0 Å². The Morgan fingerprint density at radius 2 is 1.76 bits per heavy atom. The SMILES string of the molecule is CCOc1cc(CNc2cccc(C(=O)O)c2C)cc(Br)c1OCC(=O)Nc1ccc(C)cc1. The molecule has 3 aromatic rings. The molecule has 0 aromatic heterocycles. The molecular formula is C26H27BrN2O5. The lowest BCUT2D eigenvalue weighted by Crippen LogP contribution is -2.20. The number of aryl methyl sites for hydroxylation is 1. The van der Waals surface area contributed by atoms with Crippen LogP contribution in [0.25, 0.3) is 0 Å². The average Bonchev–Trinajstić information content (AvgIpc) is 2.79. The van der Waals surface area contributed by atoms with E-state index < -0.39 is 5.97 Å². The minimum atomic E-state index is -0.963. The van der Waals surface area contributed by atoms with Gasteiger partial charge >= 0.3 is 5.97 Å². The van der Waals surface area contributed by atoms with E-state index in [0.29, 0.717) is 40.4 Å². The predicted molar refractivity (Wildman–Crippen MR) is 136 cm³/mol. The first kappa shape index (κ1) is 25.1. The maximum absolute atomic E-state index is 12.3. The Morgan fingerprint density at radius 3 is 2.44 bits per heavy atom. The lowest BCUT2D eigenvalue weighted by Gasteiger charge is -2.17. The molecule has 7 nitrogen and oxygen atoms in total. The summed E-state index contributed by atoms with van der Waals surface area (Å²) in [5.74, 6) is -0.297. The molecule has 0 aliphatic rings. The smallest absolute Gasteiger partial charge is 0.336 e. The predicted octanol–water partition coefficient (Wildman–Crippen LogP) is 5.79. The first-order chi connectivity index (χ1) is 16.3. The molecule has 0 saturated carbocycles. The van der Waals surface area contributed by atoms with Gasteiger partial charge in [-0.1, -0.05) is 23.8 Å². The highest BCUT2D eigenvalue weighted by molar-refractivity contribution is 9.10. The normalized spacial score (nSPS) is 10.5. The summed E-state index contributed by atoms with van der Waals surface area (Å²) in [7, 11) is 0. The molecule has 0 aliphatic carbocycles. The van der Waals surface area contributed by atoms with Crippen molar-refractivity contribution < 1.29 is 24.2 Å². The van der Waals surface area contributed by atoms with E-state index in [0.717, 1.165) is 16.8 Å². The van der Waals surface area contributed by atoms with E-state index in [2.05, 4.69) is 26.6 Å². The second-order valence-electron chi connectivity index (χ2n) is 7.68. The summed E-state index contributed by atoms with van der Waals surface area (Å²) < 4.78 is 12.2. The number of aromatic carboxylic acids is 1. The summed E-state index contributed by atoms with van der Waals surface area (Å²) in [6.45, 7) is 6.31. The maximum Gasteiger partial charge on any atom is 0.336 e. The van der Waals surface area contributed by atoms with E-state index >= 15 is 0 Å². The van der Waals surface area contributed by atoms with Gasteiger partial charge in [0.2, 0.25) is 0 Å². The molecule has 8 heteroatoms. The number of nitrogens with one attached hydrogen (secondary N) is 2. The van der Waals surface area contributed by atoms with Crippen LogP contribution in [0, 0.1) is 13.8 Å². The zero-order valence-corrected chi connectivity index (χ0v) is 20.9. The molecule has 0 aliphatic heterocycles. The van der Waals surface area contributed by atoms with Crippen molar-refractivity contribution in [1.82, 2.24) is 0 Å². The fraction of sp³-hybridized carbons (Fsp3) is 0.231. The Kier molecular flexibility index (Phi) is 8.54. The second-order valence-corrected chi connectivity index (χ2v) is 8.53. The van der Waals surface area contributed by atoms with Gasteiger partial charge in [0, 0.05) is 17.9 Å². The summed E-state index contributed by atoms with van der Waals surface area (Å²) in [6, 6.07) is 16.4. The van der Waals surface area contributed by atoms with Gasteiger partial charge in [0.15, 0.2) is 18.1 Å². The highest BCUT2D eigenvalue weighted by Gasteiger charge is 2.15. The molecule has 1 amide bonds. The largest absolute Gasteiger partial charge is 0.490 e. The van der Waals surface area contributed by atoms with Crippen molar-refractivity contribution in [1.29, 1.82) is 0 Å². The Bertz CT molecular complexity index is 1180. The van der Waals surface area contributed by atoms with Crippen molar-refractivity contribution in [3.05, 3.63) is 81.3 Å². The minimum Gasteiger partial charge on any atom is -0.490 e. The molecule has 0 atom stereocenters. The van der Waals surface area contributed by atoms with Crippen LogP contribution < -0.4 is 20.1 Å². The monoisotopic (exact) mass is 526 g/mol. The van der Waals surface area contributed by atoms with Crippen LogP contribution in [0.2, 0.25) is 0 Å². The molecule has 0 heterocycles. The zero-order valence-electron chi connectivity index (χ0n) is 19.3. The van der Waals surface area contributed by atoms with Crippen molar-refractivity contribution in [2.24, 2.45) is 0 Å². The molecule has 0 fully saturated rings. The Balaban J connectivity index is 1.70. The van der Waals surface area contributed by atoms with Gasteiger partial charge in [-0.15, -0.1) is 0 Å². The van der Waals surface area contributed by atoms with Crippen LogP contribution in [-0.4, -0.2) is 30.2 Å². The summed E-state index contributed by atoms with van der Waals surface area (Å²) in [4.78, 5) is 23.7. The summed E-state index contributed by atoms with van der Waals surface area (Å²) >= 11 is 3.52. The number of hydrogen-bond acceptors (Lipinski definition) is 5. The lowest BCUT2D eigenvalue weighted by molar-refractivity contribution is -0.118. The van der Waals surface area contributed by atoms with Gasteiger partial charge in [0.25, 0.3) is 5.91 Å². The number of rotatable bonds is 10. The quantitative estimate of drug-likeness (QED) is 0.309. The van der Waals surface area contributed by atoms with Gasteiger partial charge in [0.05, 0.1) is 16.6 Å². The molecule has 0 unspecified atom stereocenters. The number of anilines is 2. The topological polar surface area (TPSA) is 96.9 Å². The fourth-order valence-electron chi connectivity index (χ4n) is 3.35. The lowest BCUT2D eigenvalue weighted by atomic mass is 10.1. The first-order valence-corrected chi connectivity index (χ1v) is 11.6. The Hall–Kier alpha value is -3.52. The number of carbonyl (C=O) groups is 2. The van der Waals surface area contributed by atoms with Crippen LogP contribution in [0.5, 0.6) is 11.5 Å². The molecule has 178 valence electrons. The average molecular weight is 527 g/mol. The number of halogens is 1. The van der Waals surface area contributed by atoms with Gasteiger partial charge in [-0.2, -0.15) is 0 Å². The van der Waals surface area contributed by atoms with Crippen LogP contribution in [0.1, 0.15) is 34.0 Å². The number of hydrogen-bond donors (Lipinski definition) is 3. The van der Waals surface area contributed by atoms with Gasteiger partial charge < -0.3 is 25.2 Å². The van der Waals surface area contributed by atoms with E-state index in [9.17, 15) is 14.7 Å². The van der Waals surface area contributed by atoms with Crippen molar-refractivity contribution in [2.45, 2.75) is 27.3 Å². The third-order valence-corrected chi connectivity index (χ3v) is 5.69. The Labute approximate surface area is 207 Å². The fourth-order valence-corrected chi connectivity index (χ4v) is 3.96. The molecule has 0 radical (unpaired) electrons. The van der Waals surface area contributed by atoms with E-state index in [1.807, 2.05) is 56.3 Å². The number of amides is 1. The molecular weight excluding hydrogens is 500 g/mol. The standard InChI is InChI=1S/C26H27BrN2O5/c1-4-33-23-13-18(14-28-22-7-5-6-20(17(22)3)26(31)32)12-21(27)25(23)34-15-24(30)29-19-10-8-16(2)9-11-19/h5-13,28H,4,14-15H2,1-3H3,(H,29,30)(H,31,32). The van der Waals surface area contributed by atoms with Crippen molar-refractivity contribution in [3.63, 3.8) is 0 Å². The summed E-state index contributed by atoms with van der Waals surface area (Å²) in [5, 5.41) is 15.4. The maximum atomic E-state index is 12.3. The number of benzene rings is 3. The Morgan fingerprint density at radius 1 is 1.03 bits per heavy atom. The minimum absolute atomic E-state index is 0.175. The van der Waals surface area contributed by atoms with Gasteiger partial charge in [0.1, 0.15) is 0 Å². The molecule has 3 aromatic carbocycles. The second kappa shape index (κ2) is 11.6. The molecule has 3 rings (SSSR count). The molecule has 0 spiro atoms. The van der Waals surface area contributed by atoms with E-state index in [1.54, 1.807) is 19.1 Å². The number of ether oxygens (including phenoxy) is 2.